The van der Waals surface area contributed by atoms with Crippen molar-refractivity contribution < 1.29 is 9.90 Å². The summed E-state index contributed by atoms with van der Waals surface area (Å²) in [6.45, 7) is 6.27. The fourth-order valence-corrected chi connectivity index (χ4v) is 3.04. The fraction of sp³-hybridized carbons (Fsp3) is 0.625. The summed E-state index contributed by atoms with van der Waals surface area (Å²) in [4.78, 5) is 18.5. The van der Waals surface area contributed by atoms with Crippen LogP contribution in [0.1, 0.15) is 37.4 Å². The number of hydrogen-bond donors (Lipinski definition) is 1. The minimum absolute atomic E-state index is 0.145. The summed E-state index contributed by atoms with van der Waals surface area (Å²) >= 11 is 0. The first-order chi connectivity index (χ1) is 11.5. The summed E-state index contributed by atoms with van der Waals surface area (Å²) in [5.41, 5.74) is 0.596. The number of piperidine rings is 1. The molecule has 24 heavy (non-hydrogen) atoms. The van der Waals surface area contributed by atoms with Crippen LogP contribution in [0.4, 0.5) is 0 Å². The molecule has 1 N–H and O–H groups in total. The van der Waals surface area contributed by atoms with Crippen LogP contribution in [0.15, 0.2) is 18.6 Å². The van der Waals surface area contributed by atoms with Crippen LogP contribution in [0.3, 0.4) is 0 Å². The number of aromatic nitrogens is 5. The molecule has 2 aromatic heterocycles. The second kappa shape index (κ2) is 7.12. The Labute approximate surface area is 141 Å². The Morgan fingerprint density at radius 1 is 1.42 bits per heavy atom. The number of nitrogens with zero attached hydrogens (tertiary/aromatic N) is 6. The quantitative estimate of drug-likeness (QED) is 0.874. The molecule has 1 saturated heterocycles. The van der Waals surface area contributed by atoms with Gasteiger partial charge in [0.25, 0.3) is 0 Å². The molecule has 2 aromatic rings. The SMILES string of the molecule is Cc1nccn1CC(=O)N1CCC(Cn2cc(C(C)O)nn2)CC1. The van der Waals surface area contributed by atoms with Gasteiger partial charge in [-0.05, 0) is 32.6 Å². The second-order valence-electron chi connectivity index (χ2n) is 6.47. The standard InChI is InChI=1S/C16H24N6O2/c1-12(23)15-10-22(19-18-15)9-14-3-6-20(7-4-14)16(24)11-21-8-5-17-13(21)2/h5,8,10,12,14,23H,3-4,6-7,9,11H2,1-2H3. The number of hydrogen-bond acceptors (Lipinski definition) is 5. The van der Waals surface area contributed by atoms with Crippen LogP contribution in [-0.4, -0.2) is 53.5 Å². The molecular formula is C16H24N6O2. The van der Waals surface area contributed by atoms with Gasteiger partial charge in [-0.25, -0.2) is 4.98 Å². The van der Waals surface area contributed by atoms with Crippen molar-refractivity contribution in [2.24, 2.45) is 5.92 Å². The number of rotatable bonds is 5. The van der Waals surface area contributed by atoms with Gasteiger partial charge in [-0.2, -0.15) is 0 Å². The van der Waals surface area contributed by atoms with E-state index in [1.165, 1.54) is 0 Å². The number of aliphatic hydroxyl groups excluding tert-OH is 1. The molecule has 1 fully saturated rings. The van der Waals surface area contributed by atoms with Gasteiger partial charge in [0.05, 0.1) is 12.3 Å². The highest BCUT2D eigenvalue weighted by molar-refractivity contribution is 5.76. The van der Waals surface area contributed by atoms with Crippen molar-refractivity contribution in [3.8, 4) is 0 Å². The van der Waals surface area contributed by atoms with Gasteiger partial charge in [0.15, 0.2) is 0 Å². The first-order valence-corrected chi connectivity index (χ1v) is 8.36. The average Bonchev–Trinajstić information content (AvgIpc) is 3.18. The van der Waals surface area contributed by atoms with Gasteiger partial charge >= 0.3 is 0 Å². The number of aryl methyl sites for hydroxylation is 1. The molecule has 1 atom stereocenters. The predicted octanol–water partition coefficient (Wildman–Crippen LogP) is 0.775. The third-order valence-corrected chi connectivity index (χ3v) is 4.63. The Morgan fingerprint density at radius 2 is 2.17 bits per heavy atom. The molecule has 0 saturated carbocycles. The van der Waals surface area contributed by atoms with Crippen molar-refractivity contribution in [3.05, 3.63) is 30.1 Å². The van der Waals surface area contributed by atoms with Crippen LogP contribution >= 0.6 is 0 Å². The van der Waals surface area contributed by atoms with Gasteiger partial charge in [0, 0.05) is 32.0 Å². The Morgan fingerprint density at radius 3 is 2.75 bits per heavy atom. The van der Waals surface area contributed by atoms with Crippen molar-refractivity contribution in [2.45, 2.75) is 45.9 Å². The zero-order valence-corrected chi connectivity index (χ0v) is 14.2. The smallest absolute Gasteiger partial charge is 0.242 e. The molecule has 0 aromatic carbocycles. The molecule has 1 aliphatic heterocycles. The normalized spacial score (nSPS) is 17.2. The van der Waals surface area contributed by atoms with E-state index in [-0.39, 0.29) is 5.91 Å². The van der Waals surface area contributed by atoms with Gasteiger partial charge in [-0.1, -0.05) is 5.21 Å². The molecular weight excluding hydrogens is 308 g/mol. The largest absolute Gasteiger partial charge is 0.387 e. The Balaban J connectivity index is 1.48. The number of aliphatic hydroxyl groups is 1. The van der Waals surface area contributed by atoms with Gasteiger partial charge in [0.1, 0.15) is 18.1 Å². The summed E-state index contributed by atoms with van der Waals surface area (Å²) in [6.07, 6.45) is 6.67. The first-order valence-electron chi connectivity index (χ1n) is 8.36. The van der Waals surface area contributed by atoms with E-state index in [0.717, 1.165) is 38.3 Å². The van der Waals surface area contributed by atoms with Crippen molar-refractivity contribution in [1.29, 1.82) is 0 Å². The lowest BCUT2D eigenvalue weighted by Crippen LogP contribution is -2.41. The second-order valence-corrected chi connectivity index (χ2v) is 6.47. The monoisotopic (exact) mass is 332 g/mol. The van der Waals surface area contributed by atoms with Gasteiger partial charge in [-0.3, -0.25) is 9.48 Å². The predicted molar refractivity (Wildman–Crippen MR) is 86.9 cm³/mol. The van der Waals surface area contributed by atoms with Gasteiger partial charge in [-0.15, -0.1) is 5.10 Å². The minimum Gasteiger partial charge on any atom is -0.387 e. The molecule has 1 amide bonds. The average molecular weight is 332 g/mol. The van der Waals surface area contributed by atoms with Crippen molar-refractivity contribution in [3.63, 3.8) is 0 Å². The molecule has 0 bridgehead atoms. The molecule has 8 heteroatoms. The molecule has 0 spiro atoms. The van der Waals surface area contributed by atoms with Crippen molar-refractivity contribution >= 4 is 5.91 Å². The number of imidazole rings is 1. The lowest BCUT2D eigenvalue weighted by Gasteiger charge is -2.32. The lowest BCUT2D eigenvalue weighted by atomic mass is 9.97. The number of amides is 1. The summed E-state index contributed by atoms with van der Waals surface area (Å²) in [7, 11) is 0. The Hall–Kier alpha value is -2.22. The van der Waals surface area contributed by atoms with Gasteiger partial charge < -0.3 is 14.6 Å². The van der Waals surface area contributed by atoms with Crippen molar-refractivity contribution in [1.82, 2.24) is 29.4 Å². The fourth-order valence-electron chi connectivity index (χ4n) is 3.04. The maximum atomic E-state index is 12.4. The maximum absolute atomic E-state index is 12.4. The van der Waals surface area contributed by atoms with Crippen LogP contribution < -0.4 is 0 Å². The molecule has 3 rings (SSSR count). The van der Waals surface area contributed by atoms with Crippen LogP contribution in [0.2, 0.25) is 0 Å². The van der Waals surface area contributed by atoms with Crippen LogP contribution in [0.5, 0.6) is 0 Å². The topological polar surface area (TPSA) is 89.1 Å². The highest BCUT2D eigenvalue weighted by Crippen LogP contribution is 2.20. The van der Waals surface area contributed by atoms with E-state index in [1.54, 1.807) is 24.0 Å². The van der Waals surface area contributed by atoms with Crippen LogP contribution in [-0.2, 0) is 17.9 Å². The minimum atomic E-state index is -0.593. The van der Waals surface area contributed by atoms with Gasteiger partial charge in [0.2, 0.25) is 5.91 Å². The molecule has 0 aliphatic carbocycles. The summed E-state index contributed by atoms with van der Waals surface area (Å²) < 4.78 is 3.67. The third-order valence-electron chi connectivity index (χ3n) is 4.63. The van der Waals surface area contributed by atoms with E-state index in [1.807, 2.05) is 22.6 Å². The molecule has 1 unspecified atom stereocenters. The summed E-state index contributed by atoms with van der Waals surface area (Å²) in [5.74, 6) is 1.48. The third kappa shape index (κ3) is 3.81. The molecule has 8 nitrogen and oxygen atoms in total. The number of carbonyl (C=O) groups is 1. The van der Waals surface area contributed by atoms with E-state index < -0.39 is 6.10 Å². The summed E-state index contributed by atoms with van der Waals surface area (Å²) in [5, 5.41) is 17.5. The summed E-state index contributed by atoms with van der Waals surface area (Å²) in [6, 6.07) is 0. The van der Waals surface area contributed by atoms with E-state index in [0.29, 0.717) is 18.2 Å². The highest BCUT2D eigenvalue weighted by atomic mass is 16.3. The zero-order valence-electron chi connectivity index (χ0n) is 14.2. The zero-order chi connectivity index (χ0) is 17.1. The molecule has 130 valence electrons. The Bertz CT molecular complexity index is 684. The first kappa shape index (κ1) is 16.6. The maximum Gasteiger partial charge on any atom is 0.242 e. The number of likely N-dealkylation sites (tertiary alicyclic amines) is 1. The number of carbonyl (C=O) groups excluding carboxylic acids is 1. The van der Waals surface area contributed by atoms with E-state index in [4.69, 9.17) is 0 Å². The van der Waals surface area contributed by atoms with Crippen LogP contribution in [0.25, 0.3) is 0 Å². The molecule has 1 aliphatic rings. The van der Waals surface area contributed by atoms with Crippen molar-refractivity contribution in [2.75, 3.05) is 13.1 Å². The Kier molecular flexibility index (Phi) is 4.94. The lowest BCUT2D eigenvalue weighted by molar-refractivity contribution is -0.133. The molecule has 3 heterocycles. The van der Waals surface area contributed by atoms with Crippen LogP contribution in [0, 0.1) is 12.8 Å². The van der Waals surface area contributed by atoms with E-state index in [2.05, 4.69) is 15.3 Å². The van der Waals surface area contributed by atoms with E-state index in [9.17, 15) is 9.90 Å². The highest BCUT2D eigenvalue weighted by Gasteiger charge is 2.23. The molecule has 0 radical (unpaired) electrons. The van der Waals surface area contributed by atoms with E-state index >= 15 is 0 Å².